The Morgan fingerprint density at radius 1 is 1.03 bits per heavy atom. The van der Waals surface area contributed by atoms with Crippen LogP contribution in [0.5, 0.6) is 23.0 Å². The van der Waals surface area contributed by atoms with Crippen molar-refractivity contribution in [1.82, 2.24) is 4.90 Å². The first-order valence-electron chi connectivity index (χ1n) is 9.61. The summed E-state index contributed by atoms with van der Waals surface area (Å²) in [6.07, 6.45) is 1.28. The van der Waals surface area contributed by atoms with Crippen molar-refractivity contribution >= 4 is 11.6 Å². The molecule has 0 spiro atoms. The molecule has 158 valence electrons. The van der Waals surface area contributed by atoms with Gasteiger partial charge in [-0.3, -0.25) is 9.69 Å². The van der Waals surface area contributed by atoms with Crippen LogP contribution in [0.15, 0.2) is 36.4 Å². The molecule has 0 heterocycles. The molecule has 0 saturated heterocycles. The van der Waals surface area contributed by atoms with Gasteiger partial charge in [0.25, 0.3) is 0 Å². The molecule has 0 aliphatic rings. The van der Waals surface area contributed by atoms with Gasteiger partial charge in [0.1, 0.15) is 5.75 Å². The Morgan fingerprint density at radius 3 is 2.24 bits per heavy atom. The third kappa shape index (κ3) is 6.29. The number of anilines is 1. The largest absolute Gasteiger partial charge is 0.508 e. The number of phenols is 1. The molecule has 1 amide bonds. The molecule has 2 N–H and O–H groups in total. The summed E-state index contributed by atoms with van der Waals surface area (Å²) in [5.74, 6) is 1.60. The third-order valence-corrected chi connectivity index (χ3v) is 4.53. The number of rotatable bonds is 11. The summed E-state index contributed by atoms with van der Waals surface area (Å²) < 4.78 is 15.9. The number of phenolic OH excluding ortho intramolecular Hbond substituents is 1. The number of carbonyl (C=O) groups is 1. The zero-order valence-corrected chi connectivity index (χ0v) is 17.5. The fourth-order valence-corrected chi connectivity index (χ4v) is 3.11. The van der Waals surface area contributed by atoms with Gasteiger partial charge in [0.05, 0.1) is 21.3 Å². The molecule has 0 atom stereocenters. The van der Waals surface area contributed by atoms with Gasteiger partial charge in [-0.25, -0.2) is 0 Å². The standard InChI is InChI=1S/C22H30N2O5/c1-5-11-24(15-16-8-6-7-9-18(16)25)12-10-21(26)23-17-13-19(27-2)22(29-4)20(14-17)28-3/h6-9,13-14,25H,5,10-12,15H2,1-4H3,(H,23,26). The van der Waals surface area contributed by atoms with Crippen molar-refractivity contribution in [3.05, 3.63) is 42.0 Å². The topological polar surface area (TPSA) is 80.3 Å². The number of hydrogen-bond donors (Lipinski definition) is 2. The number of aromatic hydroxyl groups is 1. The molecule has 7 nitrogen and oxygen atoms in total. The lowest BCUT2D eigenvalue weighted by molar-refractivity contribution is -0.116. The number of hydrogen-bond acceptors (Lipinski definition) is 6. The van der Waals surface area contributed by atoms with Gasteiger partial charge in [-0.05, 0) is 19.0 Å². The highest BCUT2D eigenvalue weighted by atomic mass is 16.5. The Balaban J connectivity index is 2.01. The Kier molecular flexibility index (Phi) is 8.61. The monoisotopic (exact) mass is 402 g/mol. The highest BCUT2D eigenvalue weighted by Gasteiger charge is 2.15. The van der Waals surface area contributed by atoms with Crippen LogP contribution >= 0.6 is 0 Å². The highest BCUT2D eigenvalue weighted by Crippen LogP contribution is 2.39. The Labute approximate surface area is 172 Å². The van der Waals surface area contributed by atoms with Crippen LogP contribution in [0.3, 0.4) is 0 Å². The molecule has 0 radical (unpaired) electrons. The Morgan fingerprint density at radius 2 is 1.69 bits per heavy atom. The smallest absolute Gasteiger partial charge is 0.225 e. The van der Waals surface area contributed by atoms with E-state index in [1.54, 1.807) is 24.3 Å². The lowest BCUT2D eigenvalue weighted by Gasteiger charge is -2.22. The molecular weight excluding hydrogens is 372 g/mol. The first kappa shape index (κ1) is 22.4. The minimum atomic E-state index is -0.113. The van der Waals surface area contributed by atoms with Crippen LogP contribution < -0.4 is 19.5 Å². The maximum absolute atomic E-state index is 12.5. The van der Waals surface area contributed by atoms with Crippen molar-refractivity contribution in [2.45, 2.75) is 26.3 Å². The molecule has 0 unspecified atom stereocenters. The van der Waals surface area contributed by atoms with Gasteiger partial charge in [0, 0.05) is 42.9 Å². The van der Waals surface area contributed by atoms with Crippen LogP contribution in [0.1, 0.15) is 25.3 Å². The number of amides is 1. The quantitative estimate of drug-likeness (QED) is 0.597. The number of benzene rings is 2. The lowest BCUT2D eigenvalue weighted by atomic mass is 10.1. The van der Waals surface area contributed by atoms with E-state index in [4.69, 9.17) is 14.2 Å². The molecule has 0 aliphatic carbocycles. The van der Waals surface area contributed by atoms with Crippen LogP contribution in [0, 0.1) is 0 Å². The summed E-state index contributed by atoms with van der Waals surface area (Å²) in [6.45, 7) is 4.11. The van der Waals surface area contributed by atoms with Crippen molar-refractivity contribution in [3.8, 4) is 23.0 Å². The molecular formula is C22H30N2O5. The lowest BCUT2D eigenvalue weighted by Crippen LogP contribution is -2.28. The summed E-state index contributed by atoms with van der Waals surface area (Å²) in [5.41, 5.74) is 1.43. The summed E-state index contributed by atoms with van der Waals surface area (Å²) in [7, 11) is 4.60. The first-order valence-corrected chi connectivity index (χ1v) is 9.61. The Bertz CT molecular complexity index is 785. The van der Waals surface area contributed by atoms with Crippen LogP contribution in [-0.4, -0.2) is 50.3 Å². The van der Waals surface area contributed by atoms with E-state index in [0.717, 1.165) is 18.5 Å². The number of para-hydroxylation sites is 1. The predicted octanol–water partition coefficient (Wildman–Crippen LogP) is 3.66. The summed E-state index contributed by atoms with van der Waals surface area (Å²) in [6, 6.07) is 10.7. The molecule has 29 heavy (non-hydrogen) atoms. The van der Waals surface area contributed by atoms with E-state index in [1.807, 2.05) is 12.1 Å². The van der Waals surface area contributed by atoms with Crippen molar-refractivity contribution in [1.29, 1.82) is 0 Å². The molecule has 2 aromatic rings. The van der Waals surface area contributed by atoms with Crippen molar-refractivity contribution in [2.24, 2.45) is 0 Å². The minimum absolute atomic E-state index is 0.113. The first-order chi connectivity index (χ1) is 14.0. The number of methoxy groups -OCH3 is 3. The van der Waals surface area contributed by atoms with Gasteiger partial charge in [-0.1, -0.05) is 25.1 Å². The SMILES string of the molecule is CCCN(CCC(=O)Nc1cc(OC)c(OC)c(OC)c1)Cc1ccccc1O. The van der Waals surface area contributed by atoms with Gasteiger partial charge in [-0.15, -0.1) is 0 Å². The highest BCUT2D eigenvalue weighted by molar-refractivity contribution is 5.91. The van der Waals surface area contributed by atoms with Gasteiger partial charge >= 0.3 is 0 Å². The minimum Gasteiger partial charge on any atom is -0.508 e. The van der Waals surface area contributed by atoms with Gasteiger partial charge in [-0.2, -0.15) is 0 Å². The van der Waals surface area contributed by atoms with Gasteiger partial charge in [0.2, 0.25) is 11.7 Å². The molecule has 0 fully saturated rings. The van der Waals surface area contributed by atoms with E-state index in [0.29, 0.717) is 42.4 Å². The van der Waals surface area contributed by atoms with Crippen LogP contribution in [0.2, 0.25) is 0 Å². The van der Waals surface area contributed by atoms with E-state index < -0.39 is 0 Å². The summed E-state index contributed by atoms with van der Waals surface area (Å²) >= 11 is 0. The van der Waals surface area contributed by atoms with E-state index in [1.165, 1.54) is 21.3 Å². The molecule has 0 aliphatic heterocycles. The number of carbonyl (C=O) groups excluding carboxylic acids is 1. The van der Waals surface area contributed by atoms with Crippen molar-refractivity contribution in [3.63, 3.8) is 0 Å². The second kappa shape index (κ2) is 11.2. The number of ether oxygens (including phenoxy) is 3. The second-order valence-corrected chi connectivity index (χ2v) is 6.62. The molecule has 0 aromatic heterocycles. The molecule has 2 aromatic carbocycles. The summed E-state index contributed by atoms with van der Waals surface area (Å²) in [5, 5.41) is 12.9. The normalized spacial score (nSPS) is 10.7. The number of nitrogens with zero attached hydrogens (tertiary/aromatic N) is 1. The van der Waals surface area contributed by atoms with Gasteiger partial charge in [0.15, 0.2) is 11.5 Å². The maximum Gasteiger partial charge on any atom is 0.225 e. The van der Waals surface area contributed by atoms with Crippen molar-refractivity contribution < 1.29 is 24.1 Å². The van der Waals surface area contributed by atoms with Gasteiger partial charge < -0.3 is 24.6 Å². The fourth-order valence-electron chi connectivity index (χ4n) is 3.11. The van der Waals surface area contributed by atoms with E-state index in [-0.39, 0.29) is 11.7 Å². The predicted molar refractivity (Wildman–Crippen MR) is 113 cm³/mol. The number of nitrogens with one attached hydrogen (secondary N) is 1. The Hall–Kier alpha value is -2.93. The maximum atomic E-state index is 12.5. The zero-order chi connectivity index (χ0) is 21.2. The van der Waals surface area contributed by atoms with Crippen LogP contribution in [0.4, 0.5) is 5.69 Å². The van der Waals surface area contributed by atoms with E-state index >= 15 is 0 Å². The van der Waals surface area contributed by atoms with Crippen LogP contribution in [-0.2, 0) is 11.3 Å². The summed E-state index contributed by atoms with van der Waals surface area (Å²) in [4.78, 5) is 14.7. The zero-order valence-electron chi connectivity index (χ0n) is 17.5. The molecule has 2 rings (SSSR count). The second-order valence-electron chi connectivity index (χ2n) is 6.62. The van der Waals surface area contributed by atoms with E-state index in [9.17, 15) is 9.90 Å². The van der Waals surface area contributed by atoms with Crippen molar-refractivity contribution in [2.75, 3.05) is 39.7 Å². The van der Waals surface area contributed by atoms with Crippen LogP contribution in [0.25, 0.3) is 0 Å². The molecule has 0 saturated carbocycles. The average Bonchev–Trinajstić information content (AvgIpc) is 2.72. The average molecular weight is 402 g/mol. The fraction of sp³-hybridized carbons (Fsp3) is 0.409. The molecule has 7 heteroatoms. The molecule has 0 bridgehead atoms. The van der Waals surface area contributed by atoms with E-state index in [2.05, 4.69) is 17.1 Å². The third-order valence-electron chi connectivity index (χ3n) is 4.53.